The molecule has 130 valence electrons. The van der Waals surface area contributed by atoms with Crippen molar-refractivity contribution >= 4 is 12.0 Å². The molecule has 0 aliphatic carbocycles. The number of nitrogens with zero attached hydrogens (tertiary/aromatic N) is 2. The second-order valence-corrected chi connectivity index (χ2v) is 6.33. The zero-order valence-corrected chi connectivity index (χ0v) is 13.9. The van der Waals surface area contributed by atoms with Crippen molar-refractivity contribution in [3.05, 3.63) is 35.9 Å². The van der Waals surface area contributed by atoms with E-state index in [2.05, 4.69) is 10.9 Å². The summed E-state index contributed by atoms with van der Waals surface area (Å²) in [6.45, 7) is 4.43. The van der Waals surface area contributed by atoms with Crippen LogP contribution in [0.15, 0.2) is 30.3 Å². The van der Waals surface area contributed by atoms with Gasteiger partial charge in [-0.3, -0.25) is 10.2 Å². The lowest BCUT2D eigenvalue weighted by atomic mass is 10.1. The first-order chi connectivity index (χ1) is 11.6. The van der Waals surface area contributed by atoms with E-state index < -0.39 is 0 Å². The molecule has 2 fully saturated rings. The van der Waals surface area contributed by atoms with Gasteiger partial charge < -0.3 is 14.5 Å². The molecule has 2 unspecified atom stereocenters. The largest absolute Gasteiger partial charge is 0.445 e. The second kappa shape index (κ2) is 7.63. The maximum Gasteiger partial charge on any atom is 0.410 e. The molecule has 2 atom stereocenters. The SMILES string of the molecule is CC1CC(C(=O)N2CCN(C(=O)OCc3ccccc3)CC2)NN1. The number of rotatable bonds is 3. The fourth-order valence-corrected chi connectivity index (χ4v) is 3.02. The van der Waals surface area contributed by atoms with Crippen molar-refractivity contribution in [1.29, 1.82) is 0 Å². The standard InChI is InChI=1S/C17H24N4O3/c1-13-11-15(19-18-13)16(22)20-7-9-21(10-8-20)17(23)24-12-14-5-3-2-4-6-14/h2-6,13,15,18-19H,7-12H2,1H3. The molecule has 2 aliphatic heterocycles. The summed E-state index contributed by atoms with van der Waals surface area (Å²) >= 11 is 0. The summed E-state index contributed by atoms with van der Waals surface area (Å²) in [5.74, 6) is 0.101. The average Bonchev–Trinajstić information content (AvgIpc) is 3.06. The fraction of sp³-hybridized carbons (Fsp3) is 0.529. The minimum Gasteiger partial charge on any atom is -0.445 e. The molecule has 2 heterocycles. The first kappa shape index (κ1) is 16.7. The Kier molecular flexibility index (Phi) is 5.32. The third-order valence-corrected chi connectivity index (χ3v) is 4.45. The van der Waals surface area contributed by atoms with Gasteiger partial charge in [-0.2, -0.15) is 0 Å². The minimum absolute atomic E-state index is 0.101. The first-order valence-electron chi connectivity index (χ1n) is 8.39. The maximum atomic E-state index is 12.4. The number of hydrogen-bond acceptors (Lipinski definition) is 5. The van der Waals surface area contributed by atoms with Gasteiger partial charge in [-0.1, -0.05) is 30.3 Å². The molecule has 1 aromatic rings. The first-order valence-corrected chi connectivity index (χ1v) is 8.39. The predicted molar refractivity (Wildman–Crippen MR) is 88.9 cm³/mol. The Balaban J connectivity index is 1.43. The highest BCUT2D eigenvalue weighted by Crippen LogP contribution is 2.11. The summed E-state index contributed by atoms with van der Waals surface area (Å²) in [5, 5.41) is 0. The van der Waals surface area contributed by atoms with E-state index in [0.29, 0.717) is 32.2 Å². The van der Waals surface area contributed by atoms with Crippen molar-refractivity contribution in [3.8, 4) is 0 Å². The maximum absolute atomic E-state index is 12.4. The van der Waals surface area contributed by atoms with Crippen LogP contribution in [0.5, 0.6) is 0 Å². The zero-order valence-electron chi connectivity index (χ0n) is 13.9. The van der Waals surface area contributed by atoms with Gasteiger partial charge in [0.1, 0.15) is 12.6 Å². The lowest BCUT2D eigenvalue weighted by molar-refractivity contribution is -0.134. The summed E-state index contributed by atoms with van der Waals surface area (Å²) in [5.41, 5.74) is 7.06. The van der Waals surface area contributed by atoms with Gasteiger partial charge in [0.15, 0.2) is 0 Å². The van der Waals surface area contributed by atoms with Gasteiger partial charge in [0.25, 0.3) is 0 Å². The Hall–Kier alpha value is -2.12. The Labute approximate surface area is 141 Å². The molecule has 7 heteroatoms. The number of ether oxygens (including phenoxy) is 1. The molecule has 0 bridgehead atoms. The Morgan fingerprint density at radius 1 is 1.08 bits per heavy atom. The summed E-state index contributed by atoms with van der Waals surface area (Å²) < 4.78 is 5.34. The predicted octanol–water partition coefficient (Wildman–Crippen LogP) is 0.722. The monoisotopic (exact) mass is 332 g/mol. The van der Waals surface area contributed by atoms with Crippen molar-refractivity contribution in [2.24, 2.45) is 0 Å². The van der Waals surface area contributed by atoms with Crippen LogP contribution in [0.3, 0.4) is 0 Å². The molecule has 0 saturated carbocycles. The van der Waals surface area contributed by atoms with Gasteiger partial charge in [-0.25, -0.2) is 10.2 Å². The molecule has 3 rings (SSSR count). The molecule has 1 aromatic carbocycles. The average molecular weight is 332 g/mol. The molecule has 2 saturated heterocycles. The van der Waals surface area contributed by atoms with Crippen LogP contribution in [-0.4, -0.2) is 60.1 Å². The van der Waals surface area contributed by atoms with Crippen LogP contribution < -0.4 is 10.9 Å². The van der Waals surface area contributed by atoms with E-state index >= 15 is 0 Å². The highest BCUT2D eigenvalue weighted by atomic mass is 16.6. The van der Waals surface area contributed by atoms with Gasteiger partial charge in [0, 0.05) is 32.2 Å². The number of nitrogens with one attached hydrogen (secondary N) is 2. The molecule has 24 heavy (non-hydrogen) atoms. The van der Waals surface area contributed by atoms with Crippen LogP contribution in [0.1, 0.15) is 18.9 Å². The van der Waals surface area contributed by atoms with Gasteiger partial charge in [-0.05, 0) is 18.9 Å². The van der Waals surface area contributed by atoms with Crippen molar-refractivity contribution in [2.45, 2.75) is 32.0 Å². The van der Waals surface area contributed by atoms with E-state index in [0.717, 1.165) is 12.0 Å². The highest BCUT2D eigenvalue weighted by molar-refractivity contribution is 5.82. The van der Waals surface area contributed by atoms with E-state index in [1.807, 2.05) is 42.2 Å². The lowest BCUT2D eigenvalue weighted by Gasteiger charge is -2.35. The van der Waals surface area contributed by atoms with E-state index in [-0.39, 0.29) is 24.6 Å². The third kappa shape index (κ3) is 4.04. The van der Waals surface area contributed by atoms with E-state index in [4.69, 9.17) is 4.74 Å². The van der Waals surface area contributed by atoms with Crippen molar-refractivity contribution in [1.82, 2.24) is 20.7 Å². The van der Waals surface area contributed by atoms with Crippen LogP contribution in [0.4, 0.5) is 4.79 Å². The summed E-state index contributed by atoms with van der Waals surface area (Å²) in [6, 6.07) is 9.74. The molecular weight excluding hydrogens is 308 g/mol. The van der Waals surface area contributed by atoms with Gasteiger partial charge in [0.05, 0.1) is 0 Å². The van der Waals surface area contributed by atoms with E-state index in [1.54, 1.807) is 4.90 Å². The van der Waals surface area contributed by atoms with Gasteiger partial charge >= 0.3 is 6.09 Å². The Morgan fingerprint density at radius 2 is 1.75 bits per heavy atom. The molecule has 7 nitrogen and oxygen atoms in total. The smallest absolute Gasteiger partial charge is 0.410 e. The van der Waals surface area contributed by atoms with Gasteiger partial charge in [0.2, 0.25) is 5.91 Å². The zero-order chi connectivity index (χ0) is 16.9. The quantitative estimate of drug-likeness (QED) is 0.853. The fourth-order valence-electron chi connectivity index (χ4n) is 3.02. The van der Waals surface area contributed by atoms with Crippen LogP contribution in [0.25, 0.3) is 0 Å². The Bertz CT molecular complexity index is 572. The van der Waals surface area contributed by atoms with Crippen LogP contribution in [0.2, 0.25) is 0 Å². The normalized spacial score (nSPS) is 24.0. The van der Waals surface area contributed by atoms with E-state index in [1.165, 1.54) is 0 Å². The highest BCUT2D eigenvalue weighted by Gasteiger charge is 2.32. The van der Waals surface area contributed by atoms with Crippen LogP contribution >= 0.6 is 0 Å². The molecule has 0 radical (unpaired) electrons. The summed E-state index contributed by atoms with van der Waals surface area (Å²) in [4.78, 5) is 28.0. The van der Waals surface area contributed by atoms with Crippen LogP contribution in [0, 0.1) is 0 Å². The van der Waals surface area contributed by atoms with Gasteiger partial charge in [-0.15, -0.1) is 0 Å². The molecule has 2 N–H and O–H groups in total. The molecule has 2 amide bonds. The lowest BCUT2D eigenvalue weighted by Crippen LogP contribution is -2.54. The van der Waals surface area contributed by atoms with Crippen molar-refractivity contribution < 1.29 is 14.3 Å². The topological polar surface area (TPSA) is 73.9 Å². The minimum atomic E-state index is -0.319. The number of hydrogen-bond donors (Lipinski definition) is 2. The number of carbonyl (C=O) groups is 2. The molecular formula is C17H24N4O3. The number of benzene rings is 1. The summed E-state index contributed by atoms with van der Waals surface area (Å²) in [7, 11) is 0. The Morgan fingerprint density at radius 3 is 2.38 bits per heavy atom. The number of hydrazine groups is 1. The second-order valence-electron chi connectivity index (χ2n) is 6.33. The molecule has 0 aromatic heterocycles. The van der Waals surface area contributed by atoms with Crippen molar-refractivity contribution in [3.63, 3.8) is 0 Å². The third-order valence-electron chi connectivity index (χ3n) is 4.45. The number of piperazine rings is 1. The number of amides is 2. The van der Waals surface area contributed by atoms with E-state index in [9.17, 15) is 9.59 Å². The molecule has 0 spiro atoms. The number of carbonyl (C=O) groups excluding carboxylic acids is 2. The summed E-state index contributed by atoms with van der Waals surface area (Å²) in [6.07, 6.45) is 0.471. The van der Waals surface area contributed by atoms with Crippen molar-refractivity contribution in [2.75, 3.05) is 26.2 Å². The molecule has 2 aliphatic rings. The van der Waals surface area contributed by atoms with Crippen LogP contribution in [-0.2, 0) is 16.1 Å².